The number of likely N-dealkylation sites (tertiary alicyclic amines) is 1. The van der Waals surface area contributed by atoms with Gasteiger partial charge in [-0.05, 0) is 52.0 Å². The van der Waals surface area contributed by atoms with Gasteiger partial charge in [0.05, 0.1) is 5.56 Å². The molecule has 2 saturated heterocycles. The highest BCUT2D eigenvalue weighted by Gasteiger charge is 2.37. The summed E-state index contributed by atoms with van der Waals surface area (Å²) in [6, 6.07) is 8.44. The van der Waals surface area contributed by atoms with E-state index in [1.165, 1.54) is 19.3 Å². The molecule has 0 unspecified atom stereocenters. The smallest absolute Gasteiger partial charge is 0.257 e. The summed E-state index contributed by atoms with van der Waals surface area (Å²) in [5.41, 5.74) is 0.698. The topological polar surface area (TPSA) is 44.8 Å². The van der Waals surface area contributed by atoms with Crippen molar-refractivity contribution in [1.29, 1.82) is 0 Å². The van der Waals surface area contributed by atoms with Crippen LogP contribution in [0.4, 0.5) is 0 Å². The van der Waals surface area contributed by atoms with Crippen LogP contribution in [0.3, 0.4) is 0 Å². The summed E-state index contributed by atoms with van der Waals surface area (Å²) in [5, 5.41) is 3.65. The standard InChI is InChI=1S/C20H31N3O2/c1-22(2)14-15-25-19-10-6-5-8-16(19)20(24)23-13-11-17-18(23)9-4-3-7-12-21-17/h5-6,8,10,17-18,21H,3-4,7,9,11-15H2,1-2H3/t17-,18-/m1/s1. The van der Waals surface area contributed by atoms with E-state index in [4.69, 9.17) is 4.74 Å². The van der Waals surface area contributed by atoms with Crippen LogP contribution in [0.25, 0.3) is 0 Å². The van der Waals surface area contributed by atoms with E-state index in [1.807, 2.05) is 38.4 Å². The fourth-order valence-electron chi connectivity index (χ4n) is 3.91. The van der Waals surface area contributed by atoms with Gasteiger partial charge in [-0.2, -0.15) is 0 Å². The van der Waals surface area contributed by atoms with Crippen LogP contribution in [-0.4, -0.2) is 68.1 Å². The molecule has 3 rings (SSSR count). The molecule has 138 valence electrons. The maximum absolute atomic E-state index is 13.2. The lowest BCUT2D eigenvalue weighted by molar-refractivity contribution is 0.0709. The zero-order valence-corrected chi connectivity index (χ0v) is 15.5. The van der Waals surface area contributed by atoms with Gasteiger partial charge in [0.2, 0.25) is 0 Å². The summed E-state index contributed by atoms with van der Waals surface area (Å²) in [5.74, 6) is 0.826. The maximum atomic E-state index is 13.2. The van der Waals surface area contributed by atoms with Crippen LogP contribution in [-0.2, 0) is 0 Å². The number of hydrogen-bond acceptors (Lipinski definition) is 4. The molecule has 0 saturated carbocycles. The third-order valence-electron chi connectivity index (χ3n) is 5.30. The Kier molecular flexibility index (Phi) is 6.32. The van der Waals surface area contributed by atoms with Gasteiger partial charge in [-0.1, -0.05) is 25.0 Å². The molecule has 1 amide bonds. The van der Waals surface area contributed by atoms with Crippen molar-refractivity contribution in [2.75, 3.05) is 40.3 Å². The second kappa shape index (κ2) is 8.68. The van der Waals surface area contributed by atoms with Crippen molar-refractivity contribution in [1.82, 2.24) is 15.1 Å². The van der Waals surface area contributed by atoms with Crippen molar-refractivity contribution in [2.45, 2.75) is 44.2 Å². The van der Waals surface area contributed by atoms with Gasteiger partial charge >= 0.3 is 0 Å². The molecule has 0 bridgehead atoms. The van der Waals surface area contributed by atoms with Crippen molar-refractivity contribution < 1.29 is 9.53 Å². The van der Waals surface area contributed by atoms with E-state index in [1.54, 1.807) is 0 Å². The summed E-state index contributed by atoms with van der Waals surface area (Å²) in [6.07, 6.45) is 5.88. The van der Waals surface area contributed by atoms with Crippen LogP contribution in [0, 0.1) is 0 Å². The average Bonchev–Trinajstić information content (AvgIpc) is 2.96. The van der Waals surface area contributed by atoms with E-state index in [9.17, 15) is 4.79 Å². The molecule has 2 aliphatic rings. The Hall–Kier alpha value is -1.59. The van der Waals surface area contributed by atoms with Gasteiger partial charge in [0.1, 0.15) is 12.4 Å². The Morgan fingerprint density at radius 1 is 1.24 bits per heavy atom. The lowest BCUT2D eigenvalue weighted by Crippen LogP contribution is -2.46. The Bertz CT molecular complexity index is 576. The van der Waals surface area contributed by atoms with Gasteiger partial charge in [-0.3, -0.25) is 4.79 Å². The minimum atomic E-state index is 0.121. The van der Waals surface area contributed by atoms with E-state index in [-0.39, 0.29) is 5.91 Å². The van der Waals surface area contributed by atoms with Gasteiger partial charge in [0.15, 0.2) is 0 Å². The van der Waals surface area contributed by atoms with Gasteiger partial charge in [0, 0.05) is 25.2 Å². The number of likely N-dealkylation sites (N-methyl/N-ethyl adjacent to an activating group) is 1. The van der Waals surface area contributed by atoms with E-state index in [2.05, 4.69) is 15.1 Å². The molecule has 2 fully saturated rings. The summed E-state index contributed by atoms with van der Waals surface area (Å²) in [7, 11) is 4.04. The Morgan fingerprint density at radius 3 is 2.92 bits per heavy atom. The molecule has 25 heavy (non-hydrogen) atoms. The predicted molar refractivity (Wildman–Crippen MR) is 100 cm³/mol. The third-order valence-corrected chi connectivity index (χ3v) is 5.30. The fraction of sp³-hybridized carbons (Fsp3) is 0.650. The Morgan fingerprint density at radius 2 is 2.08 bits per heavy atom. The normalized spacial score (nSPS) is 23.9. The molecule has 2 atom stereocenters. The Balaban J connectivity index is 1.72. The first kappa shape index (κ1) is 18.2. The third kappa shape index (κ3) is 4.53. The molecular weight excluding hydrogens is 314 g/mol. The highest BCUT2D eigenvalue weighted by Crippen LogP contribution is 2.29. The van der Waals surface area contributed by atoms with Crippen LogP contribution in [0.2, 0.25) is 0 Å². The monoisotopic (exact) mass is 345 g/mol. The highest BCUT2D eigenvalue weighted by atomic mass is 16.5. The van der Waals surface area contributed by atoms with Crippen molar-refractivity contribution in [3.8, 4) is 5.75 Å². The highest BCUT2D eigenvalue weighted by molar-refractivity contribution is 5.97. The van der Waals surface area contributed by atoms with Crippen LogP contribution >= 0.6 is 0 Å². The van der Waals surface area contributed by atoms with Gasteiger partial charge in [-0.15, -0.1) is 0 Å². The number of nitrogens with zero attached hydrogens (tertiary/aromatic N) is 2. The molecule has 1 aromatic rings. The van der Waals surface area contributed by atoms with Crippen molar-refractivity contribution in [2.24, 2.45) is 0 Å². The summed E-state index contributed by atoms with van der Waals surface area (Å²) in [4.78, 5) is 17.4. The van der Waals surface area contributed by atoms with Crippen LogP contribution < -0.4 is 10.1 Å². The zero-order chi connectivity index (χ0) is 17.6. The largest absolute Gasteiger partial charge is 0.491 e. The fourth-order valence-corrected chi connectivity index (χ4v) is 3.91. The van der Waals surface area contributed by atoms with E-state index < -0.39 is 0 Å². The molecule has 0 radical (unpaired) electrons. The number of carbonyl (C=O) groups excluding carboxylic acids is 1. The number of benzene rings is 1. The zero-order valence-electron chi connectivity index (χ0n) is 15.5. The van der Waals surface area contributed by atoms with Crippen molar-refractivity contribution >= 4 is 5.91 Å². The molecule has 0 aliphatic carbocycles. The van der Waals surface area contributed by atoms with Gasteiger partial charge in [0.25, 0.3) is 5.91 Å². The predicted octanol–water partition coefficient (Wildman–Crippen LogP) is 2.37. The van der Waals surface area contributed by atoms with E-state index in [0.717, 1.165) is 32.5 Å². The van der Waals surface area contributed by atoms with Crippen molar-refractivity contribution in [3.63, 3.8) is 0 Å². The van der Waals surface area contributed by atoms with Crippen molar-refractivity contribution in [3.05, 3.63) is 29.8 Å². The quantitative estimate of drug-likeness (QED) is 0.890. The number of para-hydroxylation sites is 1. The molecule has 2 heterocycles. The number of amides is 1. The van der Waals surface area contributed by atoms with Crippen LogP contribution in [0.15, 0.2) is 24.3 Å². The molecule has 5 heteroatoms. The summed E-state index contributed by atoms with van der Waals surface area (Å²) >= 11 is 0. The number of fused-ring (bicyclic) bond motifs is 1. The van der Waals surface area contributed by atoms with Gasteiger partial charge < -0.3 is 19.9 Å². The second-order valence-corrected chi connectivity index (χ2v) is 7.41. The Labute approximate surface area is 151 Å². The van der Waals surface area contributed by atoms with E-state index >= 15 is 0 Å². The molecule has 0 spiro atoms. The molecule has 0 aromatic heterocycles. The molecule has 1 N–H and O–H groups in total. The number of carbonyl (C=O) groups is 1. The average molecular weight is 345 g/mol. The lowest BCUT2D eigenvalue weighted by atomic mass is 9.98. The van der Waals surface area contributed by atoms with Gasteiger partial charge in [-0.25, -0.2) is 0 Å². The minimum Gasteiger partial charge on any atom is -0.491 e. The molecule has 5 nitrogen and oxygen atoms in total. The number of ether oxygens (including phenoxy) is 1. The van der Waals surface area contributed by atoms with E-state index in [0.29, 0.717) is 30.0 Å². The first-order valence-electron chi connectivity index (χ1n) is 9.58. The number of rotatable bonds is 5. The first-order chi connectivity index (χ1) is 12.2. The molecule has 2 aliphatic heterocycles. The number of nitrogens with one attached hydrogen (secondary N) is 1. The molecule has 1 aromatic carbocycles. The maximum Gasteiger partial charge on any atom is 0.257 e. The molecular formula is C20H31N3O2. The SMILES string of the molecule is CN(C)CCOc1ccccc1C(=O)N1CC[C@H]2NCCCCC[C@H]21. The summed E-state index contributed by atoms with van der Waals surface area (Å²) < 4.78 is 5.90. The minimum absolute atomic E-state index is 0.121. The summed E-state index contributed by atoms with van der Waals surface area (Å²) in [6.45, 7) is 3.34. The van der Waals surface area contributed by atoms with Crippen LogP contribution in [0.5, 0.6) is 5.75 Å². The number of hydrogen-bond donors (Lipinski definition) is 1. The first-order valence-corrected chi connectivity index (χ1v) is 9.58. The second-order valence-electron chi connectivity index (χ2n) is 7.41. The lowest BCUT2D eigenvalue weighted by Gasteiger charge is -2.31. The van der Waals surface area contributed by atoms with Crippen LogP contribution in [0.1, 0.15) is 42.5 Å².